The lowest BCUT2D eigenvalue weighted by Gasteiger charge is -2.54. The second kappa shape index (κ2) is 5.67. The fourth-order valence-corrected chi connectivity index (χ4v) is 7.24. The van der Waals surface area contributed by atoms with E-state index in [1.54, 1.807) is 11.1 Å². The van der Waals surface area contributed by atoms with Crippen molar-refractivity contribution in [1.82, 2.24) is 0 Å². The fraction of sp³-hybridized carbons (Fsp3) is 0.762. The highest BCUT2D eigenvalue weighted by Crippen LogP contribution is 2.65. The Hall–Kier alpha value is -0.673. The van der Waals surface area contributed by atoms with E-state index in [-0.39, 0.29) is 11.3 Å². The quantitative estimate of drug-likeness (QED) is 0.713. The smallest absolute Gasteiger partial charge is 0.146 e. The summed E-state index contributed by atoms with van der Waals surface area (Å²) in [5, 5.41) is 0. The number of fused-ring (bicyclic) bond motifs is 5. The van der Waals surface area contributed by atoms with Crippen LogP contribution in [0.25, 0.3) is 0 Å². The van der Waals surface area contributed by atoms with Crippen molar-refractivity contribution in [2.75, 3.05) is 0 Å². The largest absolute Gasteiger partial charge is 0.425 e. The molecule has 3 saturated carbocycles. The van der Waals surface area contributed by atoms with Gasteiger partial charge in [-0.05, 0) is 74.5 Å². The third-order valence-corrected chi connectivity index (χ3v) is 9.02. The maximum atomic E-state index is 12.2. The van der Waals surface area contributed by atoms with Gasteiger partial charge in [0.25, 0.3) is 0 Å². The number of rotatable bonds is 2. The molecule has 1 unspecified atom stereocenters. The van der Waals surface area contributed by atoms with Crippen LogP contribution in [0.5, 0.6) is 0 Å². The Kier molecular flexibility index (Phi) is 3.96. The summed E-state index contributed by atoms with van der Waals surface area (Å²) < 4.78 is 5.79. The van der Waals surface area contributed by atoms with E-state index in [2.05, 4.69) is 26.0 Å². The number of ketones is 1. The van der Waals surface area contributed by atoms with E-state index in [1.807, 2.05) is 6.92 Å². The van der Waals surface area contributed by atoms with Gasteiger partial charge >= 0.3 is 0 Å². The van der Waals surface area contributed by atoms with E-state index in [1.165, 1.54) is 32.1 Å². The van der Waals surface area contributed by atoms with Gasteiger partial charge in [0.1, 0.15) is 16.3 Å². The molecule has 0 amide bonds. The predicted molar refractivity (Wildman–Crippen MR) is 101 cm³/mol. The van der Waals surface area contributed by atoms with Crippen molar-refractivity contribution in [3.8, 4) is 0 Å². The van der Waals surface area contributed by atoms with Crippen LogP contribution in [-0.2, 0) is 9.22 Å². The van der Waals surface area contributed by atoms with Gasteiger partial charge in [-0.1, -0.05) is 37.1 Å². The Morgan fingerprint density at radius 2 is 1.92 bits per heavy atom. The van der Waals surface area contributed by atoms with E-state index in [0.29, 0.717) is 29.1 Å². The lowest BCUT2D eigenvalue weighted by atomic mass is 9.50. The van der Waals surface area contributed by atoms with Gasteiger partial charge in [0, 0.05) is 12.0 Å². The molecule has 0 aliphatic heterocycles. The first kappa shape index (κ1) is 16.8. The summed E-state index contributed by atoms with van der Waals surface area (Å²) in [5.41, 5.74) is 3.87. The fourth-order valence-electron chi connectivity index (χ4n) is 6.84. The molecule has 0 aromatic heterocycles. The lowest BCUT2D eigenvalue weighted by molar-refractivity contribution is -0.124. The van der Waals surface area contributed by atoms with E-state index < -0.39 is 0 Å². The van der Waals surface area contributed by atoms with Crippen LogP contribution < -0.4 is 0 Å². The SMILES string of the molecule is CC(=O)[C@H]1CC[C@H]2C3=CC=C4CC(O[SiH3])CC[C@]4(C)[C@H]3CC[C@]12C. The van der Waals surface area contributed by atoms with Gasteiger partial charge in [-0.25, -0.2) is 0 Å². The summed E-state index contributed by atoms with van der Waals surface area (Å²) in [6, 6.07) is 0. The zero-order valence-corrected chi connectivity index (χ0v) is 17.7. The minimum atomic E-state index is 0.213. The third-order valence-electron chi connectivity index (χ3n) is 8.35. The standard InChI is InChI=1S/C21H32O2Si/c1-13(22)17-6-7-18-16-5-4-14-12-15(23-24)8-10-20(14,2)19(16)9-11-21(17,18)3/h4-5,15,17-19H,6-12H2,1-3,24H3/t15?,17-,18+,19+,20+,21-/m1/s1. The van der Waals surface area contributed by atoms with Gasteiger partial charge in [-0.2, -0.15) is 0 Å². The molecule has 132 valence electrons. The van der Waals surface area contributed by atoms with Crippen molar-refractivity contribution in [3.05, 3.63) is 23.3 Å². The second-order valence-corrected chi connectivity index (χ2v) is 9.74. The van der Waals surface area contributed by atoms with Crippen LogP contribution in [0.2, 0.25) is 0 Å². The number of allylic oxidation sites excluding steroid dienone is 3. The molecule has 0 spiro atoms. The van der Waals surface area contributed by atoms with Crippen molar-refractivity contribution in [2.24, 2.45) is 28.6 Å². The first-order valence-corrected chi connectivity index (χ1v) is 10.7. The molecular weight excluding hydrogens is 312 g/mol. The van der Waals surface area contributed by atoms with Crippen molar-refractivity contribution in [2.45, 2.75) is 71.8 Å². The maximum absolute atomic E-state index is 12.2. The van der Waals surface area contributed by atoms with Crippen molar-refractivity contribution in [1.29, 1.82) is 0 Å². The van der Waals surface area contributed by atoms with Crippen LogP contribution in [0, 0.1) is 28.6 Å². The number of hydrogen-bond donors (Lipinski definition) is 0. The Bertz CT molecular complexity index is 621. The van der Waals surface area contributed by atoms with Gasteiger partial charge < -0.3 is 4.43 Å². The minimum Gasteiger partial charge on any atom is -0.425 e. The van der Waals surface area contributed by atoms with Crippen LogP contribution in [0.15, 0.2) is 23.3 Å². The van der Waals surface area contributed by atoms with Crippen molar-refractivity contribution < 1.29 is 9.22 Å². The third kappa shape index (κ3) is 2.20. The first-order valence-electron chi connectivity index (χ1n) is 9.84. The molecule has 2 nitrogen and oxygen atoms in total. The summed E-state index contributed by atoms with van der Waals surface area (Å²) in [4.78, 5) is 12.2. The van der Waals surface area contributed by atoms with Crippen LogP contribution in [0.1, 0.15) is 65.7 Å². The molecule has 4 aliphatic carbocycles. The molecule has 0 heterocycles. The molecule has 0 N–H and O–H groups in total. The van der Waals surface area contributed by atoms with Gasteiger partial charge in [-0.15, -0.1) is 0 Å². The summed E-state index contributed by atoms with van der Waals surface area (Å²) in [6.07, 6.45) is 13.8. The number of carbonyl (C=O) groups excluding carboxylic acids is 1. The van der Waals surface area contributed by atoms with Gasteiger partial charge in [0.2, 0.25) is 0 Å². The summed E-state index contributed by atoms with van der Waals surface area (Å²) >= 11 is 0. The molecule has 24 heavy (non-hydrogen) atoms. The average Bonchev–Trinajstić information content (AvgIpc) is 2.91. The van der Waals surface area contributed by atoms with Crippen molar-refractivity contribution in [3.63, 3.8) is 0 Å². The Morgan fingerprint density at radius 1 is 1.12 bits per heavy atom. The zero-order valence-electron chi connectivity index (χ0n) is 15.7. The molecule has 0 saturated heterocycles. The number of Topliss-reactive ketones (excluding diaryl/α,β-unsaturated/α-hetero) is 1. The van der Waals surface area contributed by atoms with Crippen LogP contribution in [0.4, 0.5) is 0 Å². The Morgan fingerprint density at radius 3 is 2.62 bits per heavy atom. The molecule has 4 rings (SSSR count). The summed E-state index contributed by atoms with van der Waals surface area (Å²) in [7, 11) is 0.850. The topological polar surface area (TPSA) is 26.3 Å². The highest BCUT2D eigenvalue weighted by molar-refractivity contribution is 5.98. The molecule has 6 atom stereocenters. The molecule has 3 fully saturated rings. The van der Waals surface area contributed by atoms with Crippen LogP contribution in [-0.4, -0.2) is 22.4 Å². The van der Waals surface area contributed by atoms with Gasteiger partial charge in [-0.3, -0.25) is 4.79 Å². The first-order chi connectivity index (χ1) is 11.4. The van der Waals surface area contributed by atoms with Crippen LogP contribution >= 0.6 is 0 Å². The Labute approximate surface area is 149 Å². The van der Waals surface area contributed by atoms with Gasteiger partial charge in [0.05, 0.1) is 0 Å². The molecule has 0 bridgehead atoms. The monoisotopic (exact) mass is 344 g/mol. The second-order valence-electron chi connectivity index (χ2n) is 9.27. The summed E-state index contributed by atoms with van der Waals surface area (Å²) in [6.45, 7) is 6.73. The molecular formula is C21H32O2Si. The molecule has 3 heteroatoms. The Balaban J connectivity index is 1.69. The minimum absolute atomic E-state index is 0.213. The van der Waals surface area contributed by atoms with E-state index in [0.717, 1.165) is 23.3 Å². The van der Waals surface area contributed by atoms with Gasteiger partial charge in [0.15, 0.2) is 0 Å². The van der Waals surface area contributed by atoms with E-state index in [4.69, 9.17) is 4.43 Å². The maximum Gasteiger partial charge on any atom is 0.146 e. The normalized spacial score (nSPS) is 47.3. The summed E-state index contributed by atoms with van der Waals surface area (Å²) in [5.74, 6) is 2.04. The highest BCUT2D eigenvalue weighted by atomic mass is 28.2. The van der Waals surface area contributed by atoms with Crippen molar-refractivity contribution >= 4 is 16.3 Å². The van der Waals surface area contributed by atoms with Crippen LogP contribution in [0.3, 0.4) is 0 Å². The number of hydrogen-bond acceptors (Lipinski definition) is 2. The number of carbonyl (C=O) groups is 1. The average molecular weight is 345 g/mol. The molecule has 4 aliphatic rings. The lowest BCUT2D eigenvalue weighted by Crippen LogP contribution is -2.46. The van der Waals surface area contributed by atoms with E-state index in [9.17, 15) is 4.79 Å². The zero-order chi connectivity index (χ0) is 17.1. The highest BCUT2D eigenvalue weighted by Gasteiger charge is 2.57. The molecule has 0 radical (unpaired) electrons. The van der Waals surface area contributed by atoms with E-state index >= 15 is 0 Å². The molecule has 0 aromatic rings. The molecule has 0 aromatic carbocycles. The predicted octanol–water partition coefficient (Wildman–Crippen LogP) is 3.74.